The third kappa shape index (κ3) is 3.95. The average Bonchev–Trinajstić information content (AvgIpc) is 3.24. The minimum atomic E-state index is 0.465. The van der Waals surface area contributed by atoms with Crippen molar-refractivity contribution >= 4 is 5.82 Å². The van der Waals surface area contributed by atoms with Gasteiger partial charge in [0.1, 0.15) is 12.4 Å². The molecule has 0 saturated carbocycles. The maximum Gasteiger partial charge on any atom is 0.213 e. The van der Waals surface area contributed by atoms with Crippen molar-refractivity contribution in [2.45, 2.75) is 13.0 Å². The summed E-state index contributed by atoms with van der Waals surface area (Å²) in [4.78, 5) is 8.51. The molecule has 2 N–H and O–H groups in total. The molecule has 1 aromatic carbocycles. The van der Waals surface area contributed by atoms with Crippen LogP contribution in [0.25, 0.3) is 11.3 Å². The number of hydrogen-bond acceptors (Lipinski definition) is 6. The molecule has 0 radical (unpaired) electrons. The van der Waals surface area contributed by atoms with Crippen molar-refractivity contribution < 1.29 is 9.26 Å². The quantitative estimate of drug-likeness (QED) is 0.563. The SMILES string of the molecule is Nc1nccc(-c2ccno2)c1Cc1ccnc(OCc2ccccc2)c1. The van der Waals surface area contributed by atoms with E-state index in [4.69, 9.17) is 15.0 Å². The first-order valence-electron chi connectivity index (χ1n) is 8.55. The van der Waals surface area contributed by atoms with Crippen molar-refractivity contribution in [1.29, 1.82) is 0 Å². The number of nitrogens with zero attached hydrogens (tertiary/aromatic N) is 3. The molecule has 4 aromatic rings. The van der Waals surface area contributed by atoms with Crippen molar-refractivity contribution in [1.82, 2.24) is 15.1 Å². The first-order chi connectivity index (χ1) is 13.3. The highest BCUT2D eigenvalue weighted by molar-refractivity contribution is 5.67. The summed E-state index contributed by atoms with van der Waals surface area (Å²) in [7, 11) is 0. The van der Waals surface area contributed by atoms with Crippen molar-refractivity contribution in [3.05, 3.63) is 89.9 Å². The van der Waals surface area contributed by atoms with Gasteiger partial charge in [0.15, 0.2) is 5.76 Å². The molecule has 6 nitrogen and oxygen atoms in total. The van der Waals surface area contributed by atoms with Crippen molar-refractivity contribution in [2.24, 2.45) is 0 Å². The molecule has 0 amide bonds. The number of rotatable bonds is 6. The first-order valence-corrected chi connectivity index (χ1v) is 8.55. The van der Waals surface area contributed by atoms with Crippen LogP contribution in [0.15, 0.2) is 77.7 Å². The van der Waals surface area contributed by atoms with Crippen LogP contribution in [-0.4, -0.2) is 15.1 Å². The molecule has 3 aromatic heterocycles. The number of aromatic nitrogens is 3. The predicted octanol–water partition coefficient (Wildman–Crippen LogP) is 3.88. The molecular weight excluding hydrogens is 340 g/mol. The second-order valence-electron chi connectivity index (χ2n) is 6.05. The van der Waals surface area contributed by atoms with E-state index in [1.165, 1.54) is 0 Å². The van der Waals surface area contributed by atoms with E-state index in [1.54, 1.807) is 24.7 Å². The van der Waals surface area contributed by atoms with Gasteiger partial charge in [0, 0.05) is 42.1 Å². The average molecular weight is 358 g/mol. The maximum absolute atomic E-state index is 6.13. The Morgan fingerprint density at radius 3 is 2.56 bits per heavy atom. The van der Waals surface area contributed by atoms with Crippen LogP contribution in [0.2, 0.25) is 0 Å². The lowest BCUT2D eigenvalue weighted by molar-refractivity contribution is 0.293. The van der Waals surface area contributed by atoms with Crippen LogP contribution in [-0.2, 0) is 13.0 Å². The summed E-state index contributed by atoms with van der Waals surface area (Å²) >= 11 is 0. The maximum atomic E-state index is 6.13. The van der Waals surface area contributed by atoms with Gasteiger partial charge in [-0.25, -0.2) is 9.97 Å². The first kappa shape index (κ1) is 16.8. The number of pyridine rings is 2. The van der Waals surface area contributed by atoms with E-state index in [1.807, 2.05) is 48.5 Å². The molecule has 6 heteroatoms. The van der Waals surface area contributed by atoms with Crippen molar-refractivity contribution in [2.75, 3.05) is 5.73 Å². The minimum Gasteiger partial charge on any atom is -0.473 e. The van der Waals surface area contributed by atoms with Crippen LogP contribution in [0.3, 0.4) is 0 Å². The Labute approximate surface area is 156 Å². The lowest BCUT2D eigenvalue weighted by Gasteiger charge is -2.11. The van der Waals surface area contributed by atoms with E-state index >= 15 is 0 Å². The molecule has 0 aliphatic carbocycles. The molecule has 0 aliphatic heterocycles. The van der Waals surface area contributed by atoms with Crippen LogP contribution in [0.4, 0.5) is 5.82 Å². The fourth-order valence-electron chi connectivity index (χ4n) is 2.85. The molecule has 0 unspecified atom stereocenters. The molecule has 0 bridgehead atoms. The normalized spacial score (nSPS) is 10.7. The van der Waals surface area contributed by atoms with E-state index in [0.717, 1.165) is 22.3 Å². The summed E-state index contributed by atoms with van der Waals surface area (Å²) in [6, 6.07) is 17.5. The highest BCUT2D eigenvalue weighted by atomic mass is 16.5. The fraction of sp³-hybridized carbons (Fsp3) is 0.0952. The molecule has 0 saturated heterocycles. The topological polar surface area (TPSA) is 87.1 Å². The minimum absolute atomic E-state index is 0.465. The fourth-order valence-corrected chi connectivity index (χ4v) is 2.85. The highest BCUT2D eigenvalue weighted by Crippen LogP contribution is 2.28. The molecule has 3 heterocycles. The van der Waals surface area contributed by atoms with Gasteiger partial charge in [0.2, 0.25) is 5.88 Å². The molecule has 0 spiro atoms. The van der Waals surface area contributed by atoms with Crippen molar-refractivity contribution in [3.63, 3.8) is 0 Å². The number of ether oxygens (including phenoxy) is 1. The molecule has 134 valence electrons. The third-order valence-electron chi connectivity index (χ3n) is 4.20. The number of anilines is 1. The smallest absolute Gasteiger partial charge is 0.213 e. The molecular formula is C21H18N4O2. The van der Waals surface area contributed by atoms with E-state index in [0.29, 0.717) is 30.5 Å². The van der Waals surface area contributed by atoms with Crippen LogP contribution in [0.5, 0.6) is 5.88 Å². The largest absolute Gasteiger partial charge is 0.473 e. The summed E-state index contributed by atoms with van der Waals surface area (Å²) in [5.74, 6) is 1.70. The standard InChI is InChI=1S/C21H18N4O2/c22-21-18(17(7-10-24-21)19-8-11-25-27-19)12-16-6-9-23-20(13-16)26-14-15-4-2-1-3-5-15/h1-11,13H,12,14H2,(H2,22,24). The Balaban J connectivity index is 1.55. The highest BCUT2D eigenvalue weighted by Gasteiger charge is 2.13. The second kappa shape index (κ2) is 7.70. The predicted molar refractivity (Wildman–Crippen MR) is 102 cm³/mol. The Kier molecular flexibility index (Phi) is 4.78. The summed E-state index contributed by atoms with van der Waals surface area (Å²) in [5, 5.41) is 3.78. The van der Waals surface area contributed by atoms with E-state index in [9.17, 15) is 0 Å². The van der Waals surface area contributed by atoms with Crippen LogP contribution in [0.1, 0.15) is 16.7 Å². The molecule has 0 aliphatic rings. The van der Waals surface area contributed by atoms with Crippen LogP contribution < -0.4 is 10.5 Å². The number of nitrogens with two attached hydrogens (primary N) is 1. The number of nitrogen functional groups attached to an aromatic ring is 1. The Bertz CT molecular complexity index is 1020. The molecule has 0 fully saturated rings. The third-order valence-corrected chi connectivity index (χ3v) is 4.20. The van der Waals surface area contributed by atoms with Crippen LogP contribution in [0, 0.1) is 0 Å². The number of benzene rings is 1. The Morgan fingerprint density at radius 1 is 0.889 bits per heavy atom. The van der Waals surface area contributed by atoms with Gasteiger partial charge >= 0.3 is 0 Å². The molecule has 0 atom stereocenters. The van der Waals surface area contributed by atoms with E-state index < -0.39 is 0 Å². The van der Waals surface area contributed by atoms with Gasteiger partial charge in [-0.05, 0) is 23.3 Å². The van der Waals surface area contributed by atoms with E-state index in [2.05, 4.69) is 15.1 Å². The van der Waals surface area contributed by atoms with Gasteiger partial charge < -0.3 is 15.0 Å². The van der Waals surface area contributed by atoms with Crippen LogP contribution >= 0.6 is 0 Å². The lowest BCUT2D eigenvalue weighted by atomic mass is 10.00. The zero-order valence-corrected chi connectivity index (χ0v) is 14.6. The summed E-state index contributed by atoms with van der Waals surface area (Å²) < 4.78 is 11.1. The van der Waals surface area contributed by atoms with E-state index in [-0.39, 0.29) is 0 Å². The van der Waals surface area contributed by atoms with Gasteiger partial charge in [-0.15, -0.1) is 0 Å². The van der Waals surface area contributed by atoms with Gasteiger partial charge in [0.05, 0.1) is 6.20 Å². The summed E-state index contributed by atoms with van der Waals surface area (Å²) in [6.07, 6.45) is 5.59. The summed E-state index contributed by atoms with van der Waals surface area (Å²) in [5.41, 5.74) is 10.0. The molecule has 4 rings (SSSR count). The molecule has 27 heavy (non-hydrogen) atoms. The monoisotopic (exact) mass is 358 g/mol. The van der Waals surface area contributed by atoms with Gasteiger partial charge in [-0.3, -0.25) is 0 Å². The second-order valence-corrected chi connectivity index (χ2v) is 6.05. The van der Waals surface area contributed by atoms with Gasteiger partial charge in [-0.2, -0.15) is 0 Å². The lowest BCUT2D eigenvalue weighted by Crippen LogP contribution is -2.02. The zero-order valence-electron chi connectivity index (χ0n) is 14.6. The number of hydrogen-bond donors (Lipinski definition) is 1. The summed E-state index contributed by atoms with van der Waals surface area (Å²) in [6.45, 7) is 0.468. The van der Waals surface area contributed by atoms with Gasteiger partial charge in [0.25, 0.3) is 0 Å². The Morgan fingerprint density at radius 2 is 1.74 bits per heavy atom. The van der Waals surface area contributed by atoms with Crippen molar-refractivity contribution in [3.8, 4) is 17.2 Å². The zero-order chi connectivity index (χ0) is 18.5. The Hall–Kier alpha value is -3.67. The van der Waals surface area contributed by atoms with Gasteiger partial charge in [-0.1, -0.05) is 35.5 Å².